The maximum absolute atomic E-state index is 14.3. The zero-order valence-electron chi connectivity index (χ0n) is 16.1. The number of amides is 1. The van der Waals surface area contributed by atoms with Crippen LogP contribution in [-0.2, 0) is 4.74 Å². The Morgan fingerprint density at radius 3 is 2.59 bits per heavy atom. The van der Waals surface area contributed by atoms with E-state index in [0.29, 0.717) is 0 Å². The Kier molecular flexibility index (Phi) is 7.16. The van der Waals surface area contributed by atoms with Gasteiger partial charge in [-0.15, -0.1) is 0 Å². The van der Waals surface area contributed by atoms with Crippen LogP contribution in [0.2, 0.25) is 5.02 Å². The van der Waals surface area contributed by atoms with Crippen molar-refractivity contribution < 1.29 is 31.9 Å². The maximum atomic E-state index is 14.3. The highest BCUT2D eigenvalue weighted by Crippen LogP contribution is 2.26. The molecule has 0 saturated heterocycles. The molecule has 7 nitrogen and oxygen atoms in total. The Hall–Kier alpha value is -3.79. The first kappa shape index (κ1) is 22.9. The van der Waals surface area contributed by atoms with E-state index in [0.717, 1.165) is 12.1 Å². The lowest BCUT2D eigenvalue weighted by molar-refractivity contribution is 0.0803. The van der Waals surface area contributed by atoms with Gasteiger partial charge in [-0.2, -0.15) is 0 Å². The summed E-state index contributed by atoms with van der Waals surface area (Å²) in [4.78, 5) is 12.7. The highest BCUT2D eigenvalue weighted by atomic mass is 35.5. The third-order valence-electron chi connectivity index (χ3n) is 3.98. The minimum atomic E-state index is -2.76. The number of carbonyl (C=O) groups is 1. The predicted molar refractivity (Wildman–Crippen MR) is 111 cm³/mol. The SMILES string of the molecule is N=C(OC(=N)c1ccco1)c1ccc(F)c(NC(=O)c2cc(Cl)ccc2OCC(F)F)c1. The van der Waals surface area contributed by atoms with Gasteiger partial charge in [-0.1, -0.05) is 11.6 Å². The van der Waals surface area contributed by atoms with Crippen molar-refractivity contribution in [1.82, 2.24) is 0 Å². The van der Waals surface area contributed by atoms with Gasteiger partial charge in [-0.05, 0) is 48.5 Å². The van der Waals surface area contributed by atoms with Gasteiger partial charge in [0.2, 0.25) is 5.90 Å². The lowest BCUT2D eigenvalue weighted by atomic mass is 10.1. The molecule has 0 aliphatic rings. The number of ether oxygens (including phenoxy) is 2. The molecule has 3 aromatic rings. The molecule has 11 heteroatoms. The predicted octanol–water partition coefficient (Wildman–Crippen LogP) is 5.34. The van der Waals surface area contributed by atoms with Crippen LogP contribution >= 0.6 is 11.6 Å². The van der Waals surface area contributed by atoms with E-state index in [2.05, 4.69) is 5.32 Å². The summed E-state index contributed by atoms with van der Waals surface area (Å²) >= 11 is 5.89. The molecule has 1 amide bonds. The number of hydrogen-bond acceptors (Lipinski definition) is 6. The molecule has 0 radical (unpaired) electrons. The first-order valence-corrected chi connectivity index (χ1v) is 9.33. The molecule has 0 unspecified atom stereocenters. The van der Waals surface area contributed by atoms with Crippen LogP contribution in [0, 0.1) is 16.6 Å². The summed E-state index contributed by atoms with van der Waals surface area (Å²) < 4.78 is 54.3. The topological polar surface area (TPSA) is 108 Å². The molecule has 3 rings (SSSR count). The molecule has 0 bridgehead atoms. The fraction of sp³-hybridized carbons (Fsp3) is 0.0952. The molecule has 0 aliphatic carbocycles. The number of halogens is 4. The summed E-state index contributed by atoms with van der Waals surface area (Å²) in [6.07, 6.45) is -1.43. The first-order valence-electron chi connectivity index (χ1n) is 8.95. The van der Waals surface area contributed by atoms with E-state index in [9.17, 15) is 18.0 Å². The Balaban J connectivity index is 1.79. The van der Waals surface area contributed by atoms with Crippen molar-refractivity contribution in [2.24, 2.45) is 0 Å². The highest BCUT2D eigenvalue weighted by Gasteiger charge is 2.18. The van der Waals surface area contributed by atoms with Crippen LogP contribution in [0.15, 0.2) is 59.2 Å². The van der Waals surface area contributed by atoms with Gasteiger partial charge in [0.1, 0.15) is 18.2 Å². The summed E-state index contributed by atoms with van der Waals surface area (Å²) in [5, 5.41) is 18.2. The third-order valence-corrected chi connectivity index (χ3v) is 4.21. The van der Waals surface area contributed by atoms with Crippen LogP contribution in [-0.4, -0.2) is 30.7 Å². The quantitative estimate of drug-likeness (QED) is 0.323. The minimum Gasteiger partial charge on any atom is -0.487 e. The smallest absolute Gasteiger partial charge is 0.272 e. The fourth-order valence-corrected chi connectivity index (χ4v) is 2.70. The monoisotopic (exact) mass is 465 g/mol. The van der Waals surface area contributed by atoms with E-state index < -0.39 is 36.6 Å². The second-order valence-electron chi connectivity index (χ2n) is 6.23. The van der Waals surface area contributed by atoms with E-state index in [4.69, 9.17) is 36.3 Å². The molecule has 0 aliphatic heterocycles. The van der Waals surface area contributed by atoms with Crippen LogP contribution in [0.5, 0.6) is 5.75 Å². The van der Waals surface area contributed by atoms with Crippen molar-refractivity contribution >= 4 is 35.0 Å². The van der Waals surface area contributed by atoms with Crippen LogP contribution in [0.1, 0.15) is 21.7 Å². The second kappa shape index (κ2) is 10.0. The summed E-state index contributed by atoms with van der Waals surface area (Å²) in [7, 11) is 0. The molecule has 32 heavy (non-hydrogen) atoms. The Bertz CT molecular complexity index is 1150. The van der Waals surface area contributed by atoms with Crippen molar-refractivity contribution in [3.05, 3.63) is 82.5 Å². The molecule has 166 valence electrons. The zero-order chi connectivity index (χ0) is 23.3. The van der Waals surface area contributed by atoms with Crippen LogP contribution < -0.4 is 10.1 Å². The zero-order valence-corrected chi connectivity index (χ0v) is 16.9. The Morgan fingerprint density at radius 1 is 1.12 bits per heavy atom. The van der Waals surface area contributed by atoms with Gasteiger partial charge in [0.05, 0.1) is 17.5 Å². The van der Waals surface area contributed by atoms with Crippen molar-refractivity contribution in [3.63, 3.8) is 0 Å². The van der Waals surface area contributed by atoms with E-state index >= 15 is 0 Å². The lowest BCUT2D eigenvalue weighted by Gasteiger charge is -2.13. The van der Waals surface area contributed by atoms with Gasteiger partial charge in [0.15, 0.2) is 5.76 Å². The molecule has 0 fully saturated rings. The number of furan rings is 1. The number of nitrogens with one attached hydrogen (secondary N) is 3. The largest absolute Gasteiger partial charge is 0.487 e. The molecule has 1 aromatic heterocycles. The van der Waals surface area contributed by atoms with E-state index in [-0.39, 0.29) is 33.3 Å². The molecule has 0 atom stereocenters. The molecular formula is C21H15ClF3N3O4. The molecular weight excluding hydrogens is 451 g/mol. The van der Waals surface area contributed by atoms with Gasteiger partial charge >= 0.3 is 0 Å². The number of benzene rings is 2. The van der Waals surface area contributed by atoms with E-state index in [1.54, 1.807) is 0 Å². The van der Waals surface area contributed by atoms with Crippen molar-refractivity contribution in [3.8, 4) is 5.75 Å². The highest BCUT2D eigenvalue weighted by molar-refractivity contribution is 6.31. The van der Waals surface area contributed by atoms with Crippen molar-refractivity contribution in [1.29, 1.82) is 10.8 Å². The molecule has 1 heterocycles. The normalized spacial score (nSPS) is 10.7. The van der Waals surface area contributed by atoms with Crippen molar-refractivity contribution in [2.75, 3.05) is 11.9 Å². The minimum absolute atomic E-state index is 0.0540. The van der Waals surface area contributed by atoms with Gasteiger partial charge in [-0.25, -0.2) is 13.2 Å². The van der Waals surface area contributed by atoms with Gasteiger partial charge < -0.3 is 19.2 Å². The van der Waals surface area contributed by atoms with Crippen molar-refractivity contribution in [2.45, 2.75) is 6.43 Å². The molecule has 0 saturated carbocycles. The number of anilines is 1. The second-order valence-corrected chi connectivity index (χ2v) is 6.67. The van der Waals surface area contributed by atoms with Gasteiger partial charge in [0.25, 0.3) is 18.2 Å². The first-order chi connectivity index (χ1) is 15.2. The molecule has 0 spiro atoms. The van der Waals surface area contributed by atoms with Gasteiger partial charge in [0, 0.05) is 10.6 Å². The summed E-state index contributed by atoms with van der Waals surface area (Å²) in [6.45, 7) is -0.943. The van der Waals surface area contributed by atoms with Gasteiger partial charge in [-0.3, -0.25) is 15.6 Å². The summed E-state index contributed by atoms with van der Waals surface area (Å²) in [6, 6.07) is 10.1. The summed E-state index contributed by atoms with van der Waals surface area (Å²) in [5.74, 6) is -2.70. The lowest BCUT2D eigenvalue weighted by Crippen LogP contribution is -2.17. The van der Waals surface area contributed by atoms with Crippen LogP contribution in [0.3, 0.4) is 0 Å². The average Bonchev–Trinajstić information content (AvgIpc) is 3.29. The fourth-order valence-electron chi connectivity index (χ4n) is 2.53. The van der Waals surface area contributed by atoms with Crippen LogP contribution in [0.25, 0.3) is 0 Å². The average molecular weight is 466 g/mol. The summed E-state index contributed by atoms with van der Waals surface area (Å²) in [5.41, 5.74) is -0.447. The Morgan fingerprint density at radius 2 is 1.91 bits per heavy atom. The third kappa shape index (κ3) is 5.67. The number of rotatable bonds is 7. The molecule has 2 aromatic carbocycles. The van der Waals surface area contributed by atoms with Crippen LogP contribution in [0.4, 0.5) is 18.9 Å². The van der Waals surface area contributed by atoms with E-state index in [1.165, 1.54) is 42.7 Å². The Labute approximate surface area is 184 Å². The number of carbonyl (C=O) groups excluding carboxylic acids is 1. The standard InChI is InChI=1S/C21H15ClF3N3O4/c22-12-4-6-16(31-10-18(24)25)13(9-12)21(29)28-15-8-11(3-5-14(15)23)19(26)32-20(27)17-2-1-7-30-17/h1-9,18,26-27H,10H2,(H,28,29). The molecule has 3 N–H and O–H groups in total. The van der Waals surface area contributed by atoms with E-state index in [1.807, 2.05) is 0 Å². The number of alkyl halides is 2. The maximum Gasteiger partial charge on any atom is 0.272 e. The number of hydrogen-bond donors (Lipinski definition) is 3.